The molecule has 0 unspecified atom stereocenters. The number of hydrogen-bond acceptors (Lipinski definition) is 3. The smallest absolute Gasteiger partial charge is 0.329 e. The quantitative estimate of drug-likeness (QED) is 0.626. The second kappa shape index (κ2) is 8.22. The van der Waals surface area contributed by atoms with Crippen LogP contribution in [0.1, 0.15) is 51.9 Å². The van der Waals surface area contributed by atoms with Gasteiger partial charge in [-0.15, -0.1) is 0 Å². The molecule has 0 aromatic rings. The monoisotopic (exact) mass is 300 g/mol. The van der Waals surface area contributed by atoms with Crippen LogP contribution in [0.15, 0.2) is 0 Å². The average Bonchev–Trinajstić information content (AvgIpc) is 2.45. The van der Waals surface area contributed by atoms with Crippen molar-refractivity contribution in [2.24, 2.45) is 5.92 Å². The maximum atomic E-state index is 12.2. The maximum absolute atomic E-state index is 12.2. The molecule has 0 saturated heterocycles. The lowest BCUT2D eigenvalue weighted by atomic mass is 9.77. The Kier molecular flexibility index (Phi) is 6.95. The van der Waals surface area contributed by atoms with Gasteiger partial charge in [0.2, 0.25) is 0 Å². The van der Waals surface area contributed by atoms with Gasteiger partial charge < -0.3 is 20.4 Å². The first kappa shape index (κ1) is 17.8. The van der Waals surface area contributed by atoms with E-state index >= 15 is 0 Å². The summed E-state index contributed by atoms with van der Waals surface area (Å²) in [7, 11) is 1.68. The molecule has 122 valence electrons. The van der Waals surface area contributed by atoms with Gasteiger partial charge in [0.15, 0.2) is 0 Å². The molecular formula is C15H28N2O4. The Bertz CT molecular complexity index is 352. The lowest BCUT2D eigenvalue weighted by Crippen LogP contribution is -2.58. The number of carboxylic acid groups (broad SMARTS) is 1. The molecule has 1 aliphatic rings. The van der Waals surface area contributed by atoms with Crippen molar-refractivity contribution in [2.45, 2.75) is 57.4 Å². The van der Waals surface area contributed by atoms with Crippen LogP contribution in [0.4, 0.5) is 4.79 Å². The number of nitrogens with zero attached hydrogens (tertiary/aromatic N) is 1. The molecule has 0 aliphatic heterocycles. The number of nitrogens with one attached hydrogen (secondary N) is 1. The minimum Gasteiger partial charge on any atom is -0.480 e. The van der Waals surface area contributed by atoms with Crippen LogP contribution in [-0.4, -0.2) is 52.9 Å². The summed E-state index contributed by atoms with van der Waals surface area (Å²) in [5.74, 6) is -0.415. The van der Waals surface area contributed by atoms with E-state index in [0.717, 1.165) is 32.1 Å². The molecule has 2 amide bonds. The number of unbranched alkanes of at least 4 members (excludes halogenated alkanes) is 2. The highest BCUT2D eigenvalue weighted by Crippen LogP contribution is 2.32. The van der Waals surface area contributed by atoms with E-state index in [1.807, 2.05) is 0 Å². The lowest BCUT2D eigenvalue weighted by Gasteiger charge is -2.37. The fraction of sp³-hybridized carbons (Fsp3) is 0.867. The average molecular weight is 300 g/mol. The first-order chi connectivity index (χ1) is 9.91. The Hall–Kier alpha value is -1.30. The summed E-state index contributed by atoms with van der Waals surface area (Å²) in [4.78, 5) is 25.3. The third-order valence-corrected chi connectivity index (χ3v) is 4.38. The van der Waals surface area contributed by atoms with Gasteiger partial charge in [0.25, 0.3) is 0 Å². The molecule has 0 heterocycles. The lowest BCUT2D eigenvalue weighted by molar-refractivity contribution is -0.146. The Morgan fingerprint density at radius 2 is 1.86 bits per heavy atom. The summed E-state index contributed by atoms with van der Waals surface area (Å²) < 4.78 is 0. The molecule has 0 aromatic carbocycles. The molecule has 3 N–H and O–H groups in total. The van der Waals surface area contributed by atoms with Crippen molar-refractivity contribution >= 4 is 12.0 Å². The third-order valence-electron chi connectivity index (χ3n) is 4.38. The van der Waals surface area contributed by atoms with Crippen molar-refractivity contribution in [3.8, 4) is 0 Å². The van der Waals surface area contributed by atoms with Crippen LogP contribution in [0.3, 0.4) is 0 Å². The van der Waals surface area contributed by atoms with Crippen molar-refractivity contribution in [3.63, 3.8) is 0 Å². The predicted octanol–water partition coefficient (Wildman–Crippen LogP) is 1.82. The first-order valence-electron chi connectivity index (χ1n) is 7.79. The van der Waals surface area contributed by atoms with Gasteiger partial charge >= 0.3 is 12.0 Å². The Balaban J connectivity index is 2.51. The van der Waals surface area contributed by atoms with Gasteiger partial charge in [0.1, 0.15) is 5.54 Å². The molecule has 1 rings (SSSR count). The zero-order valence-electron chi connectivity index (χ0n) is 13.1. The van der Waals surface area contributed by atoms with E-state index in [9.17, 15) is 14.7 Å². The molecule has 1 saturated carbocycles. The number of carboxylic acids is 1. The van der Waals surface area contributed by atoms with Crippen LogP contribution in [0.25, 0.3) is 0 Å². The molecule has 0 bridgehead atoms. The number of aliphatic carboxylic acids is 1. The second-order valence-corrected chi connectivity index (χ2v) is 6.21. The van der Waals surface area contributed by atoms with E-state index in [1.165, 1.54) is 4.90 Å². The summed E-state index contributed by atoms with van der Waals surface area (Å²) in [5, 5.41) is 20.9. The molecule has 21 heavy (non-hydrogen) atoms. The van der Waals surface area contributed by atoms with Crippen LogP contribution in [0.2, 0.25) is 0 Å². The molecule has 6 heteroatoms. The molecule has 1 aliphatic carbocycles. The summed E-state index contributed by atoms with van der Waals surface area (Å²) in [6.07, 6.45) is 5.03. The molecule has 6 nitrogen and oxygen atoms in total. The molecule has 0 spiro atoms. The molecule has 0 radical (unpaired) electrons. The molecular weight excluding hydrogens is 272 g/mol. The maximum Gasteiger partial charge on any atom is 0.329 e. The number of aliphatic hydroxyl groups is 1. The van der Waals surface area contributed by atoms with Crippen molar-refractivity contribution in [1.29, 1.82) is 0 Å². The van der Waals surface area contributed by atoms with Gasteiger partial charge in [-0.2, -0.15) is 0 Å². The summed E-state index contributed by atoms with van der Waals surface area (Å²) in [6.45, 7) is 2.84. The number of urea groups is 1. The van der Waals surface area contributed by atoms with E-state index in [-0.39, 0.29) is 12.6 Å². The zero-order valence-corrected chi connectivity index (χ0v) is 13.1. The zero-order chi connectivity index (χ0) is 15.9. The highest BCUT2D eigenvalue weighted by Gasteiger charge is 2.42. The summed E-state index contributed by atoms with van der Waals surface area (Å²) in [6, 6.07) is -0.323. The van der Waals surface area contributed by atoms with E-state index in [2.05, 4.69) is 12.2 Å². The fourth-order valence-electron chi connectivity index (χ4n) is 2.69. The van der Waals surface area contributed by atoms with Gasteiger partial charge in [0, 0.05) is 20.2 Å². The van der Waals surface area contributed by atoms with Crippen molar-refractivity contribution < 1.29 is 19.8 Å². The van der Waals surface area contributed by atoms with Gasteiger partial charge in [-0.3, -0.25) is 0 Å². The highest BCUT2D eigenvalue weighted by atomic mass is 16.4. The number of aliphatic hydroxyl groups excluding tert-OH is 1. The van der Waals surface area contributed by atoms with E-state index in [1.54, 1.807) is 7.05 Å². The minimum absolute atomic E-state index is 0.163. The molecule has 0 atom stereocenters. The van der Waals surface area contributed by atoms with Crippen LogP contribution in [0, 0.1) is 5.92 Å². The highest BCUT2D eigenvalue weighted by molar-refractivity contribution is 5.86. The van der Waals surface area contributed by atoms with Gasteiger partial charge in [-0.05, 0) is 50.9 Å². The van der Waals surface area contributed by atoms with Gasteiger partial charge in [0.05, 0.1) is 0 Å². The first-order valence-corrected chi connectivity index (χ1v) is 7.79. The number of carbonyl (C=O) groups excluding carboxylic acids is 1. The van der Waals surface area contributed by atoms with E-state index in [0.29, 0.717) is 25.3 Å². The van der Waals surface area contributed by atoms with Crippen molar-refractivity contribution in [3.05, 3.63) is 0 Å². The Labute approximate surface area is 126 Å². The van der Waals surface area contributed by atoms with Crippen LogP contribution < -0.4 is 5.32 Å². The third kappa shape index (κ3) is 5.19. The topological polar surface area (TPSA) is 89.9 Å². The Morgan fingerprint density at radius 3 is 2.38 bits per heavy atom. The standard InChI is InChI=1S/C15H28N2O4/c1-12-6-8-15(9-7-12,13(19)20)16-14(21)17(2)10-4-3-5-11-18/h12,18H,3-11H2,1-2H3,(H,16,21)(H,19,20). The van der Waals surface area contributed by atoms with Crippen LogP contribution in [-0.2, 0) is 4.79 Å². The van der Waals surface area contributed by atoms with Crippen LogP contribution in [0.5, 0.6) is 0 Å². The number of rotatable bonds is 7. The van der Waals surface area contributed by atoms with E-state index < -0.39 is 11.5 Å². The molecule has 0 aromatic heterocycles. The SMILES string of the molecule is CC1CCC(NC(=O)N(C)CCCCCO)(C(=O)O)CC1. The van der Waals surface area contributed by atoms with E-state index in [4.69, 9.17) is 5.11 Å². The van der Waals surface area contributed by atoms with Crippen molar-refractivity contribution in [1.82, 2.24) is 10.2 Å². The summed E-state index contributed by atoms with van der Waals surface area (Å²) in [5.41, 5.74) is -1.11. The number of carbonyl (C=O) groups is 2. The van der Waals surface area contributed by atoms with Gasteiger partial charge in [-0.1, -0.05) is 6.92 Å². The molecule has 1 fully saturated rings. The van der Waals surface area contributed by atoms with Gasteiger partial charge in [-0.25, -0.2) is 9.59 Å². The largest absolute Gasteiger partial charge is 0.480 e. The number of amides is 2. The second-order valence-electron chi connectivity index (χ2n) is 6.21. The Morgan fingerprint density at radius 1 is 1.24 bits per heavy atom. The van der Waals surface area contributed by atoms with Crippen LogP contribution >= 0.6 is 0 Å². The minimum atomic E-state index is -1.11. The summed E-state index contributed by atoms with van der Waals surface area (Å²) >= 11 is 0. The fourth-order valence-corrected chi connectivity index (χ4v) is 2.69. The van der Waals surface area contributed by atoms with Crippen molar-refractivity contribution in [2.75, 3.05) is 20.2 Å². The predicted molar refractivity (Wildman–Crippen MR) is 80.1 cm³/mol. The number of hydrogen-bond donors (Lipinski definition) is 3. The normalized spacial score (nSPS) is 25.4.